The van der Waals surface area contributed by atoms with E-state index in [0.29, 0.717) is 24.3 Å². The van der Waals surface area contributed by atoms with E-state index < -0.39 is 10.1 Å². The third-order valence-electron chi connectivity index (χ3n) is 4.04. The first kappa shape index (κ1) is 23.2. The molecule has 2 aromatic rings. The van der Waals surface area contributed by atoms with Crippen molar-refractivity contribution in [2.24, 2.45) is 5.84 Å². The number of nitrogens with zero attached hydrogens (tertiary/aromatic N) is 1. The monoisotopic (exact) mass is 480 g/mol. The summed E-state index contributed by atoms with van der Waals surface area (Å²) >= 11 is 3.41. The quantitative estimate of drug-likeness (QED) is 0.498. The molecule has 0 aromatic heterocycles. The van der Waals surface area contributed by atoms with E-state index in [1.54, 1.807) is 37.2 Å². The summed E-state index contributed by atoms with van der Waals surface area (Å²) in [5.74, 6) is 6.46. The van der Waals surface area contributed by atoms with E-state index in [0.717, 1.165) is 21.4 Å². The van der Waals surface area contributed by atoms with E-state index in [-0.39, 0.29) is 4.90 Å². The van der Waals surface area contributed by atoms with Gasteiger partial charge in [-0.2, -0.15) is 8.42 Å². The zero-order chi connectivity index (χ0) is 21.6. The number of allylic oxidation sites excluding steroid dienone is 1. The lowest BCUT2D eigenvalue weighted by Crippen LogP contribution is -2.29. The normalized spacial score (nSPS) is 13.8. The molecule has 0 atom stereocenters. The fourth-order valence-electron chi connectivity index (χ4n) is 3.01. The SMILES string of the molecule is Cc1cc(C)c(S(=O)(=O)O)c(C)c1.NN1C=C(OCc2ccccc2)C=C(Br)C1. The number of hydrogen-bond acceptors (Lipinski definition) is 5. The predicted octanol–water partition coefficient (Wildman–Crippen LogP) is 4.37. The van der Waals surface area contributed by atoms with Gasteiger partial charge in [0.1, 0.15) is 12.4 Å². The van der Waals surface area contributed by atoms with E-state index in [1.807, 2.05) is 43.3 Å². The maximum Gasteiger partial charge on any atom is 0.295 e. The van der Waals surface area contributed by atoms with Crippen LogP contribution in [0.5, 0.6) is 0 Å². The van der Waals surface area contributed by atoms with Crippen LogP contribution in [0, 0.1) is 20.8 Å². The van der Waals surface area contributed by atoms with Gasteiger partial charge in [-0.05, 0) is 43.5 Å². The van der Waals surface area contributed by atoms with E-state index in [4.69, 9.17) is 15.1 Å². The molecule has 0 fully saturated rings. The van der Waals surface area contributed by atoms with Gasteiger partial charge in [-0.15, -0.1) is 0 Å². The lowest BCUT2D eigenvalue weighted by atomic mass is 10.1. The molecular weight excluding hydrogens is 456 g/mol. The molecule has 0 bridgehead atoms. The lowest BCUT2D eigenvalue weighted by molar-refractivity contribution is 0.199. The van der Waals surface area contributed by atoms with Crippen molar-refractivity contribution in [3.63, 3.8) is 0 Å². The highest BCUT2D eigenvalue weighted by molar-refractivity contribution is 9.11. The van der Waals surface area contributed by atoms with Crippen molar-refractivity contribution in [1.29, 1.82) is 0 Å². The van der Waals surface area contributed by atoms with Gasteiger partial charge in [0.2, 0.25) is 0 Å². The van der Waals surface area contributed by atoms with Gasteiger partial charge in [0.05, 0.1) is 17.6 Å². The summed E-state index contributed by atoms with van der Waals surface area (Å²) in [7, 11) is -4.08. The van der Waals surface area contributed by atoms with Crippen molar-refractivity contribution >= 4 is 26.0 Å². The van der Waals surface area contributed by atoms with Crippen LogP contribution in [0.3, 0.4) is 0 Å². The molecule has 0 saturated heterocycles. The van der Waals surface area contributed by atoms with Gasteiger partial charge in [-0.3, -0.25) is 4.55 Å². The van der Waals surface area contributed by atoms with Crippen molar-refractivity contribution in [2.45, 2.75) is 32.3 Å². The van der Waals surface area contributed by atoms with Gasteiger partial charge in [0.15, 0.2) is 0 Å². The van der Waals surface area contributed by atoms with Crippen LogP contribution >= 0.6 is 15.9 Å². The van der Waals surface area contributed by atoms with E-state index in [9.17, 15) is 8.42 Å². The zero-order valence-corrected chi connectivity index (χ0v) is 19.0. The summed E-state index contributed by atoms with van der Waals surface area (Å²) in [6.45, 7) is 6.45. The summed E-state index contributed by atoms with van der Waals surface area (Å²) < 4.78 is 37.5. The largest absolute Gasteiger partial charge is 0.487 e. The molecule has 1 heterocycles. The molecule has 0 unspecified atom stereocenters. The molecule has 1 aliphatic rings. The number of aryl methyl sites for hydroxylation is 3. The van der Waals surface area contributed by atoms with Crippen LogP contribution in [0.2, 0.25) is 0 Å². The summed E-state index contributed by atoms with van der Waals surface area (Å²) in [5, 5.41) is 1.59. The summed E-state index contributed by atoms with van der Waals surface area (Å²) in [4.78, 5) is 0.0260. The predicted molar refractivity (Wildman–Crippen MR) is 118 cm³/mol. The minimum Gasteiger partial charge on any atom is -0.487 e. The zero-order valence-electron chi connectivity index (χ0n) is 16.6. The smallest absolute Gasteiger partial charge is 0.295 e. The second-order valence-corrected chi connectivity index (χ2v) is 9.15. The van der Waals surface area contributed by atoms with Gasteiger partial charge in [-0.1, -0.05) is 64.0 Å². The number of hydrogen-bond donors (Lipinski definition) is 2. The van der Waals surface area contributed by atoms with Gasteiger partial charge in [0, 0.05) is 4.48 Å². The van der Waals surface area contributed by atoms with Gasteiger partial charge in [-0.25, -0.2) is 5.84 Å². The Hall–Kier alpha value is -2.13. The number of hydrazine groups is 1. The van der Waals surface area contributed by atoms with Crippen LogP contribution in [-0.2, 0) is 21.5 Å². The summed E-state index contributed by atoms with van der Waals surface area (Å²) in [6.07, 6.45) is 3.72. The average molecular weight is 481 g/mol. The molecule has 29 heavy (non-hydrogen) atoms. The van der Waals surface area contributed by atoms with Gasteiger partial charge >= 0.3 is 0 Å². The van der Waals surface area contributed by atoms with Crippen LogP contribution < -0.4 is 5.84 Å². The maximum atomic E-state index is 10.9. The molecule has 0 radical (unpaired) electrons. The van der Waals surface area contributed by atoms with Gasteiger partial charge < -0.3 is 9.75 Å². The molecule has 6 nitrogen and oxygen atoms in total. The Labute approximate surface area is 180 Å². The second-order valence-electron chi connectivity index (χ2n) is 6.77. The summed E-state index contributed by atoms with van der Waals surface area (Å²) in [5.41, 5.74) is 3.30. The Bertz CT molecular complexity index is 995. The first-order valence-electron chi connectivity index (χ1n) is 8.87. The minimum absolute atomic E-state index is 0.0260. The third kappa shape index (κ3) is 7.32. The van der Waals surface area contributed by atoms with Crippen LogP contribution in [0.4, 0.5) is 0 Å². The van der Waals surface area contributed by atoms with Crippen LogP contribution in [0.1, 0.15) is 22.3 Å². The molecule has 3 rings (SSSR count). The number of benzene rings is 2. The van der Waals surface area contributed by atoms with Crippen LogP contribution in [0.15, 0.2) is 69.9 Å². The van der Waals surface area contributed by atoms with Crippen molar-refractivity contribution in [1.82, 2.24) is 5.01 Å². The van der Waals surface area contributed by atoms with Crippen molar-refractivity contribution < 1.29 is 17.7 Å². The highest BCUT2D eigenvalue weighted by Gasteiger charge is 2.16. The summed E-state index contributed by atoms with van der Waals surface area (Å²) in [6, 6.07) is 13.5. The van der Waals surface area contributed by atoms with Gasteiger partial charge in [0.25, 0.3) is 10.1 Å². The average Bonchev–Trinajstić information content (AvgIpc) is 2.58. The van der Waals surface area contributed by atoms with E-state index in [1.165, 1.54) is 0 Å². The highest BCUT2D eigenvalue weighted by atomic mass is 79.9. The van der Waals surface area contributed by atoms with E-state index >= 15 is 0 Å². The van der Waals surface area contributed by atoms with Crippen molar-refractivity contribution in [2.75, 3.05) is 6.54 Å². The molecule has 1 aliphatic heterocycles. The second kappa shape index (κ2) is 10.1. The van der Waals surface area contributed by atoms with Crippen molar-refractivity contribution in [3.05, 3.63) is 87.2 Å². The molecule has 2 aromatic carbocycles. The van der Waals surface area contributed by atoms with E-state index in [2.05, 4.69) is 15.9 Å². The number of nitrogens with two attached hydrogens (primary N) is 1. The Kier molecular flexibility index (Phi) is 8.04. The first-order valence-corrected chi connectivity index (χ1v) is 11.1. The maximum absolute atomic E-state index is 10.9. The molecule has 156 valence electrons. The number of halogens is 1. The molecule has 0 saturated carbocycles. The molecule has 0 amide bonds. The highest BCUT2D eigenvalue weighted by Crippen LogP contribution is 2.21. The van der Waals surface area contributed by atoms with Crippen LogP contribution in [0.25, 0.3) is 0 Å². The number of rotatable bonds is 4. The fourth-order valence-corrected chi connectivity index (χ4v) is 4.46. The first-order chi connectivity index (χ1) is 13.6. The number of ether oxygens (including phenoxy) is 1. The molecular formula is C21H25BrN2O4S. The third-order valence-corrected chi connectivity index (χ3v) is 5.68. The fraction of sp³-hybridized carbons (Fsp3) is 0.238. The molecule has 0 aliphatic carbocycles. The van der Waals surface area contributed by atoms with Crippen LogP contribution in [-0.4, -0.2) is 24.5 Å². The van der Waals surface area contributed by atoms with Crippen molar-refractivity contribution in [3.8, 4) is 0 Å². The Morgan fingerprint density at radius 3 is 2.24 bits per heavy atom. The standard InChI is InChI=1S/C12H13BrN2O.C9H12O3S/c13-11-6-12(8-15(14)7-11)16-9-10-4-2-1-3-5-10;1-6-4-7(2)9(8(3)5-6)13(10,11)12/h1-6,8H,7,9,14H2;4-5H,1-3H3,(H,10,11,12). The topological polar surface area (TPSA) is 92.9 Å². The Morgan fingerprint density at radius 1 is 1.14 bits per heavy atom. The molecule has 0 spiro atoms. The lowest BCUT2D eigenvalue weighted by Gasteiger charge is -2.20. The molecule has 3 N–H and O–H groups in total. The Morgan fingerprint density at radius 2 is 1.72 bits per heavy atom. The minimum atomic E-state index is -4.08. The Balaban J connectivity index is 0.000000212. The molecule has 8 heteroatoms.